The summed E-state index contributed by atoms with van der Waals surface area (Å²) in [6.07, 6.45) is 1.47. The molecule has 3 rings (SSSR count). The molecule has 0 aliphatic heterocycles. The Hall–Kier alpha value is -2.78. The molecule has 3 aromatic rings. The average molecular weight is 400 g/mol. The maximum absolute atomic E-state index is 12.3. The number of hydrogen-bond donors (Lipinski definition) is 2. The van der Waals surface area contributed by atoms with Gasteiger partial charge in [-0.05, 0) is 12.1 Å². The fraction of sp³-hybridized carbons (Fsp3) is 0.200. The van der Waals surface area contributed by atoms with Crippen LogP contribution in [0.3, 0.4) is 0 Å². The van der Waals surface area contributed by atoms with Gasteiger partial charge in [-0.3, -0.25) is 4.79 Å². The van der Waals surface area contributed by atoms with Crippen LogP contribution in [-0.2, 0) is 9.53 Å². The molecule has 0 amide bonds. The lowest BCUT2D eigenvalue weighted by Gasteiger charge is -2.04. The van der Waals surface area contributed by atoms with Gasteiger partial charge < -0.3 is 32.6 Å². The normalized spacial score (nSPS) is 10.4. The summed E-state index contributed by atoms with van der Waals surface area (Å²) in [6, 6.07) is 4.79. The van der Waals surface area contributed by atoms with Crippen molar-refractivity contribution in [2.24, 2.45) is 0 Å². The fourth-order valence-electron chi connectivity index (χ4n) is 2.50. The van der Waals surface area contributed by atoms with E-state index in [1.807, 2.05) is 0 Å². The van der Waals surface area contributed by atoms with E-state index in [0.29, 0.717) is 17.3 Å². The zero-order valence-corrected chi connectivity index (χ0v) is 15.3. The number of fused-ring (bicyclic) bond motifs is 1. The Kier molecular flexibility index (Phi) is 5.73. The van der Waals surface area contributed by atoms with Gasteiger partial charge in [-0.15, -0.1) is 4.98 Å². The molecule has 0 aromatic carbocycles. The average Bonchev–Trinajstić information content (AvgIpc) is 3.17. The number of nitrogens with one attached hydrogen (secondary N) is 1. The van der Waals surface area contributed by atoms with E-state index >= 15 is 0 Å². The van der Waals surface area contributed by atoms with Crippen LogP contribution in [0.1, 0.15) is 11.7 Å². The maximum atomic E-state index is 12.3. The lowest BCUT2D eigenvalue weighted by molar-refractivity contribution is -0.481. The predicted molar refractivity (Wildman–Crippen MR) is 89.3 cm³/mol. The molecule has 0 saturated heterocycles. The molecule has 0 unspecified atom stereocenters. The van der Waals surface area contributed by atoms with E-state index in [0.717, 1.165) is 0 Å². The third-order valence-electron chi connectivity index (χ3n) is 3.50. The van der Waals surface area contributed by atoms with Crippen LogP contribution in [0.25, 0.3) is 17.2 Å². The molecule has 0 fully saturated rings. The Bertz CT molecular complexity index is 968. The first-order valence-electron chi connectivity index (χ1n) is 7.22. The van der Waals surface area contributed by atoms with Gasteiger partial charge in [0, 0.05) is 13.0 Å². The summed E-state index contributed by atoms with van der Waals surface area (Å²) in [6.45, 7) is 1.23. The monoisotopic (exact) mass is 399 g/mol. The lowest BCUT2D eigenvalue weighted by Crippen LogP contribution is -3.00. The van der Waals surface area contributed by atoms with Gasteiger partial charge in [-0.2, -0.15) is 8.97 Å². The van der Waals surface area contributed by atoms with Gasteiger partial charge in [0.15, 0.2) is 22.4 Å². The number of rotatable bonds is 4. The van der Waals surface area contributed by atoms with E-state index in [2.05, 4.69) is 15.0 Å². The minimum atomic E-state index is -0.491. The number of halogens is 2. The summed E-state index contributed by atoms with van der Waals surface area (Å²) < 4.78 is 12.9. The first kappa shape index (κ1) is 19.5. The van der Waals surface area contributed by atoms with Crippen LogP contribution in [-0.4, -0.2) is 35.1 Å². The van der Waals surface area contributed by atoms with Crippen LogP contribution >= 0.6 is 11.6 Å². The molecule has 0 spiro atoms. The Labute approximate surface area is 159 Å². The lowest BCUT2D eigenvalue weighted by atomic mass is 10.3. The van der Waals surface area contributed by atoms with E-state index in [1.54, 1.807) is 12.1 Å². The zero-order chi connectivity index (χ0) is 18.1. The fourth-order valence-corrected chi connectivity index (χ4v) is 2.69. The van der Waals surface area contributed by atoms with Gasteiger partial charge in [0.2, 0.25) is 5.82 Å². The van der Waals surface area contributed by atoms with Crippen LogP contribution in [0.4, 0.5) is 11.6 Å². The Morgan fingerprint density at radius 1 is 1.50 bits per heavy atom. The highest BCUT2D eigenvalue weighted by atomic mass is 35.5. The number of anilines is 2. The van der Waals surface area contributed by atoms with Gasteiger partial charge in [0.25, 0.3) is 5.91 Å². The summed E-state index contributed by atoms with van der Waals surface area (Å²) in [5, 5.41) is 3.05. The molecule has 0 bridgehead atoms. The minimum Gasteiger partial charge on any atom is -1.00 e. The second-order valence-corrected chi connectivity index (χ2v) is 5.49. The minimum absolute atomic E-state index is 0. The number of esters is 1. The quantitative estimate of drug-likeness (QED) is 0.307. The first-order chi connectivity index (χ1) is 11.9. The molecular weight excluding hydrogens is 385 g/mol. The number of ether oxygens (including phenoxy) is 1. The van der Waals surface area contributed by atoms with Gasteiger partial charge >= 0.3 is 11.7 Å². The van der Waals surface area contributed by atoms with Crippen molar-refractivity contribution < 1.29 is 35.6 Å². The number of carbonyl (C=O) groups excluding carboxylic acids is 2. The molecule has 0 saturated carbocycles. The highest BCUT2D eigenvalue weighted by Crippen LogP contribution is 2.29. The highest BCUT2D eigenvalue weighted by Gasteiger charge is 2.31. The van der Waals surface area contributed by atoms with Crippen LogP contribution in [0.2, 0.25) is 5.15 Å². The van der Waals surface area contributed by atoms with Gasteiger partial charge in [-0.1, -0.05) is 11.6 Å². The number of nitrogens with two attached hydrogens (primary N) is 1. The molecule has 9 nitrogen and oxygen atoms in total. The largest absolute Gasteiger partial charge is 1.00 e. The Balaban J connectivity index is 0.00000243. The summed E-state index contributed by atoms with van der Waals surface area (Å²) >= 11 is 5.99. The second kappa shape index (κ2) is 7.63. The van der Waals surface area contributed by atoms with Gasteiger partial charge in [0.05, 0.1) is 13.4 Å². The molecule has 0 radical (unpaired) electrons. The molecule has 0 atom stereocenters. The number of methoxy groups -OCH3 is 1. The summed E-state index contributed by atoms with van der Waals surface area (Å²) in [7, 11) is 1.28. The van der Waals surface area contributed by atoms with Crippen LogP contribution < -0.4 is 27.9 Å². The topological polar surface area (TPSA) is 116 Å². The smallest absolute Gasteiger partial charge is 0.342 e. The van der Waals surface area contributed by atoms with Crippen molar-refractivity contribution in [3.8, 4) is 11.5 Å². The molecule has 3 heterocycles. The number of furan rings is 1. The highest BCUT2D eigenvalue weighted by molar-refractivity contribution is 6.29. The number of nitrogens with zero attached hydrogens (tertiary/aromatic N) is 3. The first-order valence-corrected chi connectivity index (χ1v) is 7.59. The van der Waals surface area contributed by atoms with Crippen LogP contribution in [0.5, 0.6) is 0 Å². The van der Waals surface area contributed by atoms with Gasteiger partial charge in [0.1, 0.15) is 6.54 Å². The van der Waals surface area contributed by atoms with Crippen molar-refractivity contribution in [2.75, 3.05) is 24.7 Å². The third kappa shape index (κ3) is 3.31. The molecule has 0 aliphatic rings. The molecule has 3 aromatic heterocycles. The van der Waals surface area contributed by atoms with E-state index in [-0.39, 0.29) is 41.6 Å². The van der Waals surface area contributed by atoms with Crippen molar-refractivity contribution in [2.45, 2.75) is 6.92 Å². The molecule has 11 heteroatoms. The number of hydrogen-bond acceptors (Lipinski definition) is 7. The van der Waals surface area contributed by atoms with Crippen LogP contribution in [0.15, 0.2) is 28.9 Å². The summed E-state index contributed by atoms with van der Waals surface area (Å²) in [5.74, 6) is 0.349. The van der Waals surface area contributed by atoms with E-state index in [9.17, 15) is 9.59 Å². The predicted octanol–water partition coefficient (Wildman–Crippen LogP) is -1.63. The van der Waals surface area contributed by atoms with E-state index < -0.39 is 5.97 Å². The van der Waals surface area contributed by atoms with E-state index in [1.165, 1.54) is 35.3 Å². The van der Waals surface area contributed by atoms with Crippen molar-refractivity contribution in [3.05, 3.63) is 29.6 Å². The van der Waals surface area contributed by atoms with Gasteiger partial charge in [-0.25, -0.2) is 4.79 Å². The number of nitrogen functional groups attached to an aromatic ring is 1. The molecular formula is C15H15Cl2N5O4. The van der Waals surface area contributed by atoms with Crippen molar-refractivity contribution in [3.63, 3.8) is 0 Å². The van der Waals surface area contributed by atoms with Crippen molar-refractivity contribution >= 4 is 40.9 Å². The standard InChI is InChI=1S/C15H14ClN5O4.ClH/c1-8(22)20-13(9-4-3-5-25-9)14(18-7-12(23)24-2)21-11(17)6-10(16)19-15(20)21;/h3-6,17-18H,7H2,1-2H3;1H. The summed E-state index contributed by atoms with van der Waals surface area (Å²) in [5.41, 5.74) is 6.42. The van der Waals surface area contributed by atoms with Crippen molar-refractivity contribution in [1.29, 1.82) is 0 Å². The number of carbonyl (C=O) groups is 2. The SMILES string of the molecule is COC(=O)CNc1c(-c2ccco2)n(C(C)=O)c2nc(Cl)cc(N)[n+]12.[Cl-]. The van der Waals surface area contributed by atoms with E-state index in [4.69, 9.17) is 21.8 Å². The Morgan fingerprint density at radius 2 is 2.23 bits per heavy atom. The second-order valence-electron chi connectivity index (χ2n) is 5.10. The van der Waals surface area contributed by atoms with Crippen LogP contribution in [0, 0.1) is 0 Å². The molecule has 138 valence electrons. The van der Waals surface area contributed by atoms with Crippen molar-refractivity contribution in [1.82, 2.24) is 9.55 Å². The summed E-state index contributed by atoms with van der Waals surface area (Å²) in [4.78, 5) is 28.0. The Morgan fingerprint density at radius 3 is 2.81 bits per heavy atom. The third-order valence-corrected chi connectivity index (χ3v) is 3.69. The number of imidazole rings is 1. The molecule has 3 N–H and O–H groups in total. The number of aromatic nitrogens is 3. The molecule has 0 aliphatic carbocycles. The molecule has 26 heavy (non-hydrogen) atoms. The zero-order valence-electron chi connectivity index (χ0n) is 13.8. The maximum Gasteiger partial charge on any atom is 0.342 e.